The fraction of sp³-hybridized carbons (Fsp3) is 0.200. The van der Waals surface area contributed by atoms with Gasteiger partial charge < -0.3 is 19.3 Å². The van der Waals surface area contributed by atoms with E-state index in [1.165, 1.54) is 0 Å². The zero-order valence-electron chi connectivity index (χ0n) is 26.6. The van der Waals surface area contributed by atoms with Crippen LogP contribution >= 0.6 is 0 Å². The molecule has 7 rings (SSSR count). The first kappa shape index (κ1) is 31.2. The SMILES string of the molecule is COc1cccc([C@@H]2OC(c3ccc(OCCCO)cc3)=N[C@]2(Cc2ccccc2)C(=O)NNC2c3ccccc3-c3ccccc32)c1. The highest BCUT2D eigenvalue weighted by molar-refractivity contribution is 6.01. The number of methoxy groups -OCH3 is 1. The van der Waals surface area contributed by atoms with Crippen molar-refractivity contribution in [2.24, 2.45) is 4.99 Å². The van der Waals surface area contributed by atoms with Gasteiger partial charge in [-0.25, -0.2) is 10.4 Å². The van der Waals surface area contributed by atoms with Gasteiger partial charge in [0.05, 0.1) is 19.8 Å². The number of aliphatic imine (C=N–C) groups is 1. The lowest BCUT2D eigenvalue weighted by molar-refractivity contribution is -0.130. The smallest absolute Gasteiger partial charge is 0.266 e. The van der Waals surface area contributed by atoms with Crippen LogP contribution in [0.15, 0.2) is 132 Å². The number of hydrogen-bond donors (Lipinski definition) is 3. The quantitative estimate of drug-likeness (QED) is 0.109. The second-order valence-electron chi connectivity index (χ2n) is 11.9. The number of nitrogens with zero attached hydrogens (tertiary/aromatic N) is 1. The van der Waals surface area contributed by atoms with Crippen molar-refractivity contribution in [2.75, 3.05) is 20.3 Å². The van der Waals surface area contributed by atoms with Crippen LogP contribution in [-0.4, -0.2) is 42.8 Å². The third-order valence-electron chi connectivity index (χ3n) is 8.91. The van der Waals surface area contributed by atoms with E-state index in [4.69, 9.17) is 24.3 Å². The highest BCUT2D eigenvalue weighted by Gasteiger charge is 2.53. The number of benzene rings is 5. The Labute approximate surface area is 280 Å². The Hall–Kier alpha value is -5.44. The zero-order valence-corrected chi connectivity index (χ0v) is 26.6. The van der Waals surface area contributed by atoms with E-state index in [0.717, 1.165) is 33.4 Å². The molecule has 0 radical (unpaired) electrons. The second-order valence-corrected chi connectivity index (χ2v) is 11.9. The molecule has 2 atom stereocenters. The van der Waals surface area contributed by atoms with Crippen molar-refractivity contribution in [3.8, 4) is 22.6 Å². The maximum atomic E-state index is 14.8. The summed E-state index contributed by atoms with van der Waals surface area (Å²) in [6, 6.07) is 41.1. The molecule has 5 aromatic rings. The van der Waals surface area contributed by atoms with Crippen LogP contribution in [0.25, 0.3) is 11.1 Å². The lowest BCUT2D eigenvalue weighted by Gasteiger charge is -2.31. The van der Waals surface area contributed by atoms with Crippen LogP contribution in [0.5, 0.6) is 11.5 Å². The maximum absolute atomic E-state index is 14.8. The Morgan fingerprint density at radius 1 is 0.833 bits per heavy atom. The summed E-state index contributed by atoms with van der Waals surface area (Å²) in [5, 5.41) is 9.11. The van der Waals surface area contributed by atoms with Crippen LogP contribution in [0.4, 0.5) is 0 Å². The Morgan fingerprint density at radius 3 is 2.21 bits per heavy atom. The summed E-state index contributed by atoms with van der Waals surface area (Å²) in [5.74, 6) is 1.36. The summed E-state index contributed by atoms with van der Waals surface area (Å²) >= 11 is 0. The van der Waals surface area contributed by atoms with Gasteiger partial charge in [-0.1, -0.05) is 91.0 Å². The van der Waals surface area contributed by atoms with E-state index >= 15 is 0 Å². The van der Waals surface area contributed by atoms with Crippen molar-refractivity contribution in [1.29, 1.82) is 0 Å². The molecule has 0 unspecified atom stereocenters. The van der Waals surface area contributed by atoms with Gasteiger partial charge in [0, 0.05) is 25.0 Å². The van der Waals surface area contributed by atoms with Crippen molar-refractivity contribution in [1.82, 2.24) is 10.9 Å². The molecule has 1 heterocycles. The van der Waals surface area contributed by atoms with Crippen molar-refractivity contribution in [3.05, 3.63) is 155 Å². The molecule has 0 saturated carbocycles. The number of carbonyl (C=O) groups excluding carboxylic acids is 1. The summed E-state index contributed by atoms with van der Waals surface area (Å²) in [6.07, 6.45) is 0.0591. The molecule has 48 heavy (non-hydrogen) atoms. The zero-order chi connectivity index (χ0) is 32.9. The molecule has 0 saturated heterocycles. The standard InChI is InChI=1S/C40H37N3O5/c1-46-31-14-9-13-29(25-31)37-40(26-27-11-3-2-4-12-27,41-38(48-37)28-19-21-30(22-20-28)47-24-10-23-44)39(45)43-42-36-34-17-7-5-15-32(34)33-16-6-8-18-35(33)36/h2-9,11-22,25,36-37,42,44H,10,23-24,26H2,1H3,(H,43,45)/t37-,40-/m0/s1. The molecule has 5 aromatic carbocycles. The number of ether oxygens (including phenoxy) is 3. The van der Waals surface area contributed by atoms with Crippen molar-refractivity contribution in [2.45, 2.75) is 30.5 Å². The van der Waals surface area contributed by atoms with E-state index in [1.54, 1.807) is 7.11 Å². The average Bonchev–Trinajstić information content (AvgIpc) is 3.68. The van der Waals surface area contributed by atoms with Crippen molar-refractivity contribution in [3.63, 3.8) is 0 Å². The van der Waals surface area contributed by atoms with Gasteiger partial charge in [0.25, 0.3) is 5.91 Å². The molecule has 0 fully saturated rings. The van der Waals surface area contributed by atoms with E-state index in [1.807, 2.05) is 103 Å². The molecule has 0 spiro atoms. The molecule has 8 nitrogen and oxygen atoms in total. The first-order chi connectivity index (χ1) is 23.6. The van der Waals surface area contributed by atoms with Gasteiger partial charge in [-0.15, -0.1) is 0 Å². The Kier molecular flexibility index (Phi) is 8.92. The summed E-state index contributed by atoms with van der Waals surface area (Å²) in [4.78, 5) is 20.0. The summed E-state index contributed by atoms with van der Waals surface area (Å²) in [6.45, 7) is 0.475. The average molecular weight is 640 g/mol. The van der Waals surface area contributed by atoms with Gasteiger partial charge in [0.15, 0.2) is 11.6 Å². The maximum Gasteiger partial charge on any atom is 0.266 e. The normalized spacial score (nSPS) is 18.0. The van der Waals surface area contributed by atoms with Gasteiger partial charge in [-0.2, -0.15) is 0 Å². The minimum absolute atomic E-state index is 0.0641. The Bertz CT molecular complexity index is 1880. The fourth-order valence-corrected chi connectivity index (χ4v) is 6.55. The monoisotopic (exact) mass is 639 g/mol. The predicted octanol–water partition coefficient (Wildman–Crippen LogP) is 6.35. The third kappa shape index (κ3) is 6.03. The second kappa shape index (κ2) is 13.7. The summed E-state index contributed by atoms with van der Waals surface area (Å²) in [5.41, 5.74) is 12.0. The highest BCUT2D eigenvalue weighted by atomic mass is 16.5. The Balaban J connectivity index is 1.28. The molecule has 8 heteroatoms. The lowest BCUT2D eigenvalue weighted by atomic mass is 9.82. The van der Waals surface area contributed by atoms with Gasteiger partial charge >= 0.3 is 0 Å². The molecular formula is C40H37N3O5. The molecule has 3 N–H and O–H groups in total. The van der Waals surface area contributed by atoms with E-state index in [9.17, 15) is 4.79 Å². The molecule has 0 aromatic heterocycles. The number of aliphatic hydroxyl groups is 1. The minimum Gasteiger partial charge on any atom is -0.497 e. The van der Waals surface area contributed by atoms with Crippen molar-refractivity contribution >= 4 is 11.8 Å². The van der Waals surface area contributed by atoms with E-state index in [2.05, 4.69) is 35.1 Å². The molecule has 1 amide bonds. The number of nitrogens with one attached hydrogen (secondary N) is 2. The summed E-state index contributed by atoms with van der Waals surface area (Å²) in [7, 11) is 1.62. The molecule has 1 aliphatic carbocycles. The summed E-state index contributed by atoms with van der Waals surface area (Å²) < 4.78 is 18.0. The highest BCUT2D eigenvalue weighted by Crippen LogP contribution is 2.45. The van der Waals surface area contributed by atoms with Crippen LogP contribution in [0, 0.1) is 0 Å². The first-order valence-corrected chi connectivity index (χ1v) is 16.1. The number of aliphatic hydroxyl groups excluding tert-OH is 1. The number of fused-ring (bicyclic) bond motifs is 3. The number of carbonyl (C=O) groups is 1. The molecule has 0 bridgehead atoms. The number of hydrazine groups is 1. The largest absolute Gasteiger partial charge is 0.497 e. The fourth-order valence-electron chi connectivity index (χ4n) is 6.55. The molecule has 242 valence electrons. The van der Waals surface area contributed by atoms with Gasteiger partial charge in [-0.3, -0.25) is 10.2 Å². The van der Waals surface area contributed by atoms with Crippen LogP contribution in [0.2, 0.25) is 0 Å². The van der Waals surface area contributed by atoms with Gasteiger partial charge in [-0.05, 0) is 69.8 Å². The third-order valence-corrected chi connectivity index (χ3v) is 8.91. The Morgan fingerprint density at radius 2 is 1.52 bits per heavy atom. The van der Waals surface area contributed by atoms with E-state index in [0.29, 0.717) is 36.0 Å². The predicted molar refractivity (Wildman–Crippen MR) is 185 cm³/mol. The number of amides is 1. The molecule has 1 aliphatic heterocycles. The lowest BCUT2D eigenvalue weighted by Crippen LogP contribution is -2.54. The van der Waals surface area contributed by atoms with Gasteiger partial charge in [0.2, 0.25) is 5.90 Å². The first-order valence-electron chi connectivity index (χ1n) is 16.1. The van der Waals surface area contributed by atoms with Gasteiger partial charge in [0.1, 0.15) is 11.5 Å². The van der Waals surface area contributed by atoms with Crippen LogP contribution in [0.1, 0.15) is 46.4 Å². The van der Waals surface area contributed by atoms with E-state index in [-0.39, 0.29) is 25.0 Å². The number of rotatable bonds is 12. The van der Waals surface area contributed by atoms with Crippen molar-refractivity contribution < 1.29 is 24.1 Å². The van der Waals surface area contributed by atoms with Crippen LogP contribution < -0.4 is 20.3 Å². The number of hydrogen-bond acceptors (Lipinski definition) is 7. The molecular weight excluding hydrogens is 602 g/mol. The van der Waals surface area contributed by atoms with Crippen LogP contribution in [0.3, 0.4) is 0 Å². The van der Waals surface area contributed by atoms with Crippen LogP contribution in [-0.2, 0) is 16.0 Å². The van der Waals surface area contributed by atoms with E-state index < -0.39 is 11.6 Å². The minimum atomic E-state index is -1.38. The molecule has 2 aliphatic rings. The topological polar surface area (TPSA) is 101 Å².